The molecule has 0 aliphatic heterocycles. The number of amides is 1. The Labute approximate surface area is 264 Å². The Hall–Kier alpha value is -3.81. The van der Waals surface area contributed by atoms with Gasteiger partial charge >= 0.3 is 5.69 Å². The highest BCUT2D eigenvalue weighted by Gasteiger charge is 2.37. The summed E-state index contributed by atoms with van der Waals surface area (Å²) in [6.45, 7) is 5.28. The molecule has 1 aliphatic rings. The van der Waals surface area contributed by atoms with Gasteiger partial charge in [0.1, 0.15) is 33.0 Å². The highest BCUT2D eigenvalue weighted by molar-refractivity contribution is 7.21. The SMILES string of the molecule is COCCOC(Cn1c(=O)n(C(C)(C)C(=O)NC2CCCCC2)c(=O)c2c(C)c(-n3cccn3)sc21)c1cc(F)ccc1OC. The lowest BCUT2D eigenvalue weighted by Crippen LogP contribution is -2.57. The van der Waals surface area contributed by atoms with E-state index in [1.165, 1.54) is 48.3 Å². The largest absolute Gasteiger partial charge is 0.496 e. The average molecular weight is 642 g/mol. The molecular weight excluding hydrogens is 601 g/mol. The van der Waals surface area contributed by atoms with Crippen molar-refractivity contribution in [1.82, 2.24) is 24.2 Å². The number of nitrogens with zero attached hydrogens (tertiary/aromatic N) is 4. The average Bonchev–Trinajstić information content (AvgIpc) is 3.67. The lowest BCUT2D eigenvalue weighted by atomic mass is 9.94. The fourth-order valence-corrected chi connectivity index (χ4v) is 7.19. The Kier molecular flexibility index (Phi) is 9.90. The maximum atomic E-state index is 14.6. The van der Waals surface area contributed by atoms with E-state index in [4.69, 9.17) is 14.2 Å². The quantitative estimate of drug-likeness (QED) is 0.227. The molecule has 1 atom stereocenters. The molecule has 1 aliphatic carbocycles. The summed E-state index contributed by atoms with van der Waals surface area (Å²) in [4.78, 5) is 43.0. The van der Waals surface area contributed by atoms with Crippen LogP contribution in [0, 0.1) is 12.7 Å². The third kappa shape index (κ3) is 6.47. The molecule has 1 unspecified atom stereocenters. The van der Waals surface area contributed by atoms with Crippen molar-refractivity contribution >= 4 is 27.5 Å². The van der Waals surface area contributed by atoms with Crippen molar-refractivity contribution in [2.45, 2.75) is 77.1 Å². The smallest absolute Gasteiger partial charge is 0.333 e. The summed E-state index contributed by atoms with van der Waals surface area (Å²) in [6.07, 6.45) is 7.38. The van der Waals surface area contributed by atoms with E-state index >= 15 is 0 Å². The van der Waals surface area contributed by atoms with E-state index < -0.39 is 34.6 Å². The van der Waals surface area contributed by atoms with Gasteiger partial charge in [0.05, 0.1) is 32.3 Å². The van der Waals surface area contributed by atoms with Crippen molar-refractivity contribution in [3.05, 3.63) is 74.4 Å². The summed E-state index contributed by atoms with van der Waals surface area (Å²) in [6, 6.07) is 5.85. The van der Waals surface area contributed by atoms with Gasteiger partial charge in [-0.1, -0.05) is 30.6 Å². The Morgan fingerprint density at radius 3 is 2.60 bits per heavy atom. The van der Waals surface area contributed by atoms with Crippen molar-refractivity contribution in [2.75, 3.05) is 27.4 Å². The molecule has 0 radical (unpaired) electrons. The van der Waals surface area contributed by atoms with Crippen LogP contribution in [-0.4, -0.2) is 58.3 Å². The maximum absolute atomic E-state index is 14.6. The van der Waals surface area contributed by atoms with Crippen LogP contribution in [0.15, 0.2) is 46.2 Å². The van der Waals surface area contributed by atoms with Crippen LogP contribution in [0.5, 0.6) is 5.75 Å². The molecule has 3 heterocycles. The first-order valence-electron chi connectivity index (χ1n) is 15.1. The number of carbonyl (C=O) groups is 1. The molecule has 0 spiro atoms. The Balaban J connectivity index is 1.71. The fourth-order valence-electron chi connectivity index (χ4n) is 5.94. The number of halogens is 1. The van der Waals surface area contributed by atoms with E-state index in [1.54, 1.807) is 43.9 Å². The molecular formula is C32H40FN5O6S. The third-order valence-electron chi connectivity index (χ3n) is 8.45. The van der Waals surface area contributed by atoms with Crippen molar-refractivity contribution in [3.8, 4) is 10.8 Å². The number of aromatic nitrogens is 4. The number of carbonyl (C=O) groups excluding carboxylic acids is 1. The second kappa shape index (κ2) is 13.7. The number of methoxy groups -OCH3 is 2. The summed E-state index contributed by atoms with van der Waals surface area (Å²) >= 11 is 1.24. The van der Waals surface area contributed by atoms with Crippen LogP contribution in [0.25, 0.3) is 15.2 Å². The van der Waals surface area contributed by atoms with Crippen LogP contribution in [0.3, 0.4) is 0 Å². The minimum Gasteiger partial charge on any atom is -0.496 e. The minimum absolute atomic E-state index is 0.0134. The Morgan fingerprint density at radius 1 is 1.18 bits per heavy atom. The number of ether oxygens (including phenoxy) is 3. The van der Waals surface area contributed by atoms with Crippen molar-refractivity contribution in [2.24, 2.45) is 0 Å². The van der Waals surface area contributed by atoms with Gasteiger partial charge in [0, 0.05) is 36.7 Å². The van der Waals surface area contributed by atoms with Crippen LogP contribution >= 0.6 is 11.3 Å². The monoisotopic (exact) mass is 641 g/mol. The lowest BCUT2D eigenvalue weighted by molar-refractivity contribution is -0.129. The molecule has 0 bridgehead atoms. The summed E-state index contributed by atoms with van der Waals surface area (Å²) in [7, 11) is 3.01. The topological polar surface area (TPSA) is 119 Å². The molecule has 5 rings (SSSR count). The third-order valence-corrected chi connectivity index (χ3v) is 9.75. The number of hydrogen-bond donors (Lipinski definition) is 1. The Morgan fingerprint density at radius 2 is 1.93 bits per heavy atom. The van der Waals surface area contributed by atoms with Gasteiger partial charge < -0.3 is 19.5 Å². The maximum Gasteiger partial charge on any atom is 0.333 e. The number of benzene rings is 1. The first kappa shape index (κ1) is 32.6. The van der Waals surface area contributed by atoms with Gasteiger partial charge in [-0.3, -0.25) is 14.2 Å². The molecule has 1 aromatic carbocycles. The molecule has 3 aromatic heterocycles. The number of hydrogen-bond acceptors (Lipinski definition) is 8. The van der Waals surface area contributed by atoms with E-state index in [-0.39, 0.29) is 25.8 Å². The van der Waals surface area contributed by atoms with E-state index in [2.05, 4.69) is 10.4 Å². The standard InChI is InChI=1S/C32H40FN5O6S/c1-20-26-27(39)38(32(2,3)30(40)35-22-10-7-6-8-11-22)31(41)36(29(26)45-28(20)37-15-9-14-34-37)19-25(44-17-16-42-4)23-18-21(33)12-13-24(23)43-5/h9,12-15,18,22,25H,6-8,10-11,16-17,19H2,1-5H3,(H,35,40). The first-order valence-corrected chi connectivity index (χ1v) is 15.9. The summed E-state index contributed by atoms with van der Waals surface area (Å²) in [5.41, 5.74) is -1.76. The number of rotatable bonds is 12. The number of aryl methyl sites for hydroxylation is 1. The second-order valence-electron chi connectivity index (χ2n) is 11.8. The van der Waals surface area contributed by atoms with Crippen LogP contribution in [-0.2, 0) is 26.4 Å². The molecule has 4 aromatic rings. The molecule has 11 nitrogen and oxygen atoms in total. The second-order valence-corrected chi connectivity index (χ2v) is 12.8. The molecule has 1 N–H and O–H groups in total. The van der Waals surface area contributed by atoms with E-state index in [0.29, 0.717) is 32.1 Å². The normalized spacial score (nSPS) is 15.0. The van der Waals surface area contributed by atoms with Crippen molar-refractivity contribution < 1.29 is 23.4 Å². The van der Waals surface area contributed by atoms with E-state index in [1.807, 2.05) is 0 Å². The zero-order valence-electron chi connectivity index (χ0n) is 26.3. The van der Waals surface area contributed by atoms with Gasteiger partial charge in [-0.15, -0.1) is 0 Å². The molecule has 0 saturated heterocycles. The Bertz CT molecular complexity index is 1770. The molecule has 1 saturated carbocycles. The molecule has 1 amide bonds. The van der Waals surface area contributed by atoms with Crippen LogP contribution < -0.4 is 21.3 Å². The van der Waals surface area contributed by atoms with Gasteiger partial charge in [-0.05, 0) is 57.9 Å². The fraction of sp³-hybridized carbons (Fsp3) is 0.500. The molecule has 242 valence electrons. The van der Waals surface area contributed by atoms with Gasteiger partial charge in [-0.25, -0.2) is 18.4 Å². The molecule has 13 heteroatoms. The highest BCUT2D eigenvalue weighted by Crippen LogP contribution is 2.34. The first-order chi connectivity index (χ1) is 21.6. The zero-order chi connectivity index (χ0) is 32.3. The summed E-state index contributed by atoms with van der Waals surface area (Å²) < 4.78 is 35.6. The molecule has 1 fully saturated rings. The summed E-state index contributed by atoms with van der Waals surface area (Å²) in [5.74, 6) is -0.523. The van der Waals surface area contributed by atoms with E-state index in [9.17, 15) is 18.8 Å². The number of thiophene rings is 1. The van der Waals surface area contributed by atoms with Gasteiger partial charge in [0.25, 0.3) is 5.56 Å². The van der Waals surface area contributed by atoms with E-state index in [0.717, 1.165) is 36.7 Å². The minimum atomic E-state index is -1.52. The zero-order valence-corrected chi connectivity index (χ0v) is 27.1. The predicted molar refractivity (Wildman–Crippen MR) is 170 cm³/mol. The summed E-state index contributed by atoms with van der Waals surface area (Å²) in [5, 5.41) is 8.39. The lowest BCUT2D eigenvalue weighted by Gasteiger charge is -2.31. The van der Waals surface area contributed by atoms with Crippen molar-refractivity contribution in [3.63, 3.8) is 0 Å². The van der Waals surface area contributed by atoms with Gasteiger partial charge in [0.2, 0.25) is 5.91 Å². The highest BCUT2D eigenvalue weighted by atomic mass is 32.1. The predicted octanol–water partition coefficient (Wildman–Crippen LogP) is 4.45. The van der Waals surface area contributed by atoms with Crippen LogP contribution in [0.1, 0.15) is 63.2 Å². The van der Waals surface area contributed by atoms with Gasteiger partial charge in [-0.2, -0.15) is 5.10 Å². The van der Waals surface area contributed by atoms with Crippen molar-refractivity contribution in [1.29, 1.82) is 0 Å². The number of nitrogens with one attached hydrogen (secondary N) is 1. The molecule has 45 heavy (non-hydrogen) atoms. The van der Waals surface area contributed by atoms with Crippen LogP contribution in [0.4, 0.5) is 4.39 Å². The number of fused-ring (bicyclic) bond motifs is 1. The van der Waals surface area contributed by atoms with Gasteiger partial charge in [0.15, 0.2) is 0 Å². The van der Waals surface area contributed by atoms with Crippen LogP contribution in [0.2, 0.25) is 0 Å².